The first-order chi connectivity index (χ1) is 9.06. The maximum absolute atomic E-state index is 12.3. The average molecular weight is 279 g/mol. The van der Waals surface area contributed by atoms with Crippen molar-refractivity contribution in [3.63, 3.8) is 0 Å². The highest BCUT2D eigenvalue weighted by Crippen LogP contribution is 2.49. The van der Waals surface area contributed by atoms with Gasteiger partial charge in [0, 0.05) is 6.04 Å². The molecule has 0 amide bonds. The second-order valence-corrected chi connectivity index (χ2v) is 7.78. The van der Waals surface area contributed by atoms with Crippen LogP contribution in [-0.2, 0) is 10.0 Å². The number of nitrogens with one attached hydrogen (secondary N) is 1. The third-order valence-electron chi connectivity index (χ3n) is 4.83. The fraction of sp³-hybridized carbons (Fsp3) is 0.600. The summed E-state index contributed by atoms with van der Waals surface area (Å²) in [6.45, 7) is 2.02. The smallest absolute Gasteiger partial charge is 0.208 e. The molecule has 2 aliphatic rings. The maximum Gasteiger partial charge on any atom is 0.240 e. The molecule has 1 aromatic rings. The fourth-order valence-electron chi connectivity index (χ4n) is 3.91. The first-order valence-electron chi connectivity index (χ1n) is 7.13. The highest BCUT2D eigenvalue weighted by molar-refractivity contribution is 7.89. The Balaban J connectivity index is 1.71. The molecule has 2 saturated carbocycles. The Hall–Kier alpha value is -0.870. The van der Waals surface area contributed by atoms with Crippen LogP contribution in [0.25, 0.3) is 0 Å². The number of benzene rings is 1. The van der Waals surface area contributed by atoms with Crippen molar-refractivity contribution in [3.8, 4) is 0 Å². The van der Waals surface area contributed by atoms with Gasteiger partial charge in [0.1, 0.15) is 0 Å². The quantitative estimate of drug-likeness (QED) is 0.921. The van der Waals surface area contributed by atoms with Crippen molar-refractivity contribution >= 4 is 10.0 Å². The number of hydrogen-bond donors (Lipinski definition) is 1. The lowest BCUT2D eigenvalue weighted by atomic mass is 9.84. The topological polar surface area (TPSA) is 46.2 Å². The van der Waals surface area contributed by atoms with E-state index in [2.05, 4.69) is 4.72 Å². The molecule has 0 aromatic heterocycles. The normalized spacial score (nSPS) is 31.5. The molecule has 4 heteroatoms. The molecule has 4 atom stereocenters. The first-order valence-corrected chi connectivity index (χ1v) is 8.62. The van der Waals surface area contributed by atoms with Crippen molar-refractivity contribution in [2.24, 2.45) is 17.8 Å². The van der Waals surface area contributed by atoms with Crippen LogP contribution in [0.4, 0.5) is 0 Å². The highest BCUT2D eigenvalue weighted by Gasteiger charge is 2.42. The van der Waals surface area contributed by atoms with Crippen LogP contribution in [0.1, 0.15) is 32.6 Å². The van der Waals surface area contributed by atoms with Crippen LogP contribution in [0, 0.1) is 17.8 Å². The molecule has 0 aliphatic heterocycles. The summed E-state index contributed by atoms with van der Waals surface area (Å²) in [4.78, 5) is 0.366. The Morgan fingerprint density at radius 3 is 2.47 bits per heavy atom. The first kappa shape index (κ1) is 13.1. The van der Waals surface area contributed by atoms with E-state index in [4.69, 9.17) is 0 Å². The Morgan fingerprint density at radius 2 is 1.89 bits per heavy atom. The summed E-state index contributed by atoms with van der Waals surface area (Å²) < 4.78 is 27.5. The van der Waals surface area contributed by atoms with Crippen molar-refractivity contribution in [3.05, 3.63) is 30.3 Å². The molecular weight excluding hydrogens is 258 g/mol. The lowest BCUT2D eigenvalue weighted by Gasteiger charge is -2.28. The molecule has 1 aromatic carbocycles. The molecule has 2 aliphatic carbocycles. The summed E-state index contributed by atoms with van der Waals surface area (Å²) >= 11 is 0. The van der Waals surface area contributed by atoms with Gasteiger partial charge in [0.25, 0.3) is 0 Å². The van der Waals surface area contributed by atoms with Gasteiger partial charge < -0.3 is 0 Å². The second-order valence-electron chi connectivity index (χ2n) is 6.06. The van der Waals surface area contributed by atoms with E-state index in [9.17, 15) is 8.42 Å². The van der Waals surface area contributed by atoms with E-state index in [1.54, 1.807) is 24.3 Å². The zero-order valence-corrected chi connectivity index (χ0v) is 12.1. The predicted octanol–water partition coefficient (Wildman–Crippen LogP) is 2.79. The zero-order valence-electron chi connectivity index (χ0n) is 11.2. The van der Waals surface area contributed by atoms with Gasteiger partial charge in [-0.15, -0.1) is 0 Å². The minimum atomic E-state index is -3.36. The van der Waals surface area contributed by atoms with Crippen LogP contribution in [-0.4, -0.2) is 14.5 Å². The monoisotopic (exact) mass is 279 g/mol. The fourth-order valence-corrected chi connectivity index (χ4v) is 5.22. The van der Waals surface area contributed by atoms with Gasteiger partial charge in [0.15, 0.2) is 0 Å². The summed E-state index contributed by atoms with van der Waals surface area (Å²) in [5.74, 6) is 2.11. The molecule has 2 bridgehead atoms. The van der Waals surface area contributed by atoms with E-state index in [0.29, 0.717) is 10.8 Å². The van der Waals surface area contributed by atoms with Crippen molar-refractivity contribution in [1.82, 2.24) is 4.72 Å². The number of fused-ring (bicyclic) bond motifs is 2. The molecule has 3 rings (SSSR count). The van der Waals surface area contributed by atoms with Gasteiger partial charge in [-0.25, -0.2) is 13.1 Å². The van der Waals surface area contributed by atoms with Gasteiger partial charge in [-0.1, -0.05) is 24.6 Å². The third kappa shape index (κ3) is 2.56. The van der Waals surface area contributed by atoms with Crippen LogP contribution in [0.15, 0.2) is 35.2 Å². The van der Waals surface area contributed by atoms with Gasteiger partial charge in [0.2, 0.25) is 10.0 Å². The second kappa shape index (κ2) is 4.91. The molecule has 0 heterocycles. The molecule has 1 N–H and O–H groups in total. The Kier molecular flexibility index (Phi) is 3.39. The van der Waals surface area contributed by atoms with E-state index >= 15 is 0 Å². The van der Waals surface area contributed by atoms with Gasteiger partial charge in [-0.2, -0.15) is 0 Å². The standard InChI is InChI=1S/C15H21NO2S/c1-11(15-10-12-7-8-13(15)9-12)16-19(17,18)14-5-3-2-4-6-14/h2-6,11-13,15-16H,7-10H2,1H3/t11-,12+,13+,15-/m1/s1. The van der Waals surface area contributed by atoms with E-state index in [1.165, 1.54) is 25.7 Å². The molecule has 104 valence electrons. The number of sulfonamides is 1. The minimum absolute atomic E-state index is 0.0421. The molecule has 19 heavy (non-hydrogen) atoms. The van der Waals surface area contributed by atoms with Crippen LogP contribution in [0.5, 0.6) is 0 Å². The molecule has 0 radical (unpaired) electrons. The van der Waals surface area contributed by atoms with E-state index in [-0.39, 0.29) is 6.04 Å². The minimum Gasteiger partial charge on any atom is -0.208 e. The lowest BCUT2D eigenvalue weighted by molar-refractivity contribution is 0.280. The molecule has 3 nitrogen and oxygen atoms in total. The summed E-state index contributed by atoms with van der Waals surface area (Å²) in [6, 6.07) is 8.69. The Bertz CT molecular complexity index is 541. The zero-order chi connectivity index (χ0) is 13.5. The van der Waals surface area contributed by atoms with E-state index in [1.807, 2.05) is 13.0 Å². The molecule has 0 spiro atoms. The molecule has 2 fully saturated rings. The SMILES string of the molecule is C[C@@H](NS(=O)(=O)c1ccccc1)[C@H]1C[C@H]2CC[C@H]1C2. The predicted molar refractivity (Wildman–Crippen MR) is 75.2 cm³/mol. The number of rotatable bonds is 4. The van der Waals surface area contributed by atoms with E-state index in [0.717, 1.165) is 11.8 Å². The number of hydrogen-bond acceptors (Lipinski definition) is 2. The Morgan fingerprint density at radius 1 is 1.16 bits per heavy atom. The lowest BCUT2D eigenvalue weighted by Crippen LogP contribution is -2.40. The average Bonchev–Trinajstić information content (AvgIpc) is 3.01. The van der Waals surface area contributed by atoms with Crippen molar-refractivity contribution < 1.29 is 8.42 Å². The van der Waals surface area contributed by atoms with Crippen molar-refractivity contribution in [2.45, 2.75) is 43.5 Å². The van der Waals surface area contributed by atoms with Crippen molar-refractivity contribution in [2.75, 3.05) is 0 Å². The summed E-state index contributed by atoms with van der Waals surface area (Å²) in [6.07, 6.45) is 5.14. The van der Waals surface area contributed by atoms with Gasteiger partial charge in [0.05, 0.1) is 4.90 Å². The van der Waals surface area contributed by atoms with Crippen LogP contribution >= 0.6 is 0 Å². The Labute approximate surface area is 115 Å². The maximum atomic E-state index is 12.3. The van der Waals surface area contributed by atoms with Crippen molar-refractivity contribution in [1.29, 1.82) is 0 Å². The van der Waals surface area contributed by atoms with Crippen LogP contribution < -0.4 is 4.72 Å². The largest absolute Gasteiger partial charge is 0.240 e. The van der Waals surface area contributed by atoms with E-state index < -0.39 is 10.0 Å². The summed E-state index contributed by atoms with van der Waals surface area (Å²) in [5, 5.41) is 0. The van der Waals surface area contributed by atoms with Gasteiger partial charge in [-0.3, -0.25) is 0 Å². The van der Waals surface area contributed by atoms with Crippen LogP contribution in [0.3, 0.4) is 0 Å². The van der Waals surface area contributed by atoms with Gasteiger partial charge in [-0.05, 0) is 56.1 Å². The molecular formula is C15H21NO2S. The van der Waals surface area contributed by atoms with Crippen LogP contribution in [0.2, 0.25) is 0 Å². The highest BCUT2D eigenvalue weighted by atomic mass is 32.2. The third-order valence-corrected chi connectivity index (χ3v) is 6.40. The molecule has 0 saturated heterocycles. The summed E-state index contributed by atoms with van der Waals surface area (Å²) in [7, 11) is -3.36. The molecule has 0 unspecified atom stereocenters. The van der Waals surface area contributed by atoms with Gasteiger partial charge >= 0.3 is 0 Å². The summed E-state index contributed by atoms with van der Waals surface area (Å²) in [5.41, 5.74) is 0.